The molecule has 2 aromatic rings. The van der Waals surface area contributed by atoms with Gasteiger partial charge < -0.3 is 16.3 Å². The Balaban J connectivity index is 0.000000205. The van der Waals surface area contributed by atoms with Crippen LogP contribution in [0.3, 0.4) is 0 Å². The zero-order valence-corrected chi connectivity index (χ0v) is 21.8. The minimum absolute atomic E-state index is 0. The molecule has 4 saturated carbocycles. The summed E-state index contributed by atoms with van der Waals surface area (Å²) in [6, 6.07) is 15.8. The van der Waals surface area contributed by atoms with Crippen molar-refractivity contribution >= 4 is 11.4 Å². The number of nitrogens with zero attached hydrogens (tertiary/aromatic N) is 1. The normalized spacial score (nSPS) is 27.8. The van der Waals surface area contributed by atoms with Crippen LogP contribution in [0.1, 0.15) is 45.4 Å². The fraction of sp³-hybridized carbons (Fsp3) is 0.400. The summed E-state index contributed by atoms with van der Waals surface area (Å²) < 4.78 is 5.46. The number of aliphatic imine (C=N–C) groups is 1. The average molecular weight is 488 g/mol. The van der Waals surface area contributed by atoms with Crippen molar-refractivity contribution in [3.8, 4) is 16.9 Å². The van der Waals surface area contributed by atoms with Gasteiger partial charge >= 0.3 is 0 Å². The number of benzene rings is 2. The van der Waals surface area contributed by atoms with E-state index in [2.05, 4.69) is 6.42 Å². The molecule has 2 aromatic carbocycles. The molecule has 176 valence electrons. The number of ether oxygens (including phenoxy) is 1. The van der Waals surface area contributed by atoms with Crippen LogP contribution in [0.4, 0.5) is 5.69 Å². The first-order valence-corrected chi connectivity index (χ1v) is 12.3. The molecular weight excluding hydrogens is 454 g/mol. The van der Waals surface area contributed by atoms with E-state index in [-0.39, 0.29) is 27.5 Å². The number of hydrogen-bond acceptors (Lipinski definition) is 3. The maximum absolute atomic E-state index is 10.1. The Bertz CT molecular complexity index is 1040. The topological polar surface area (TPSA) is 41.8 Å². The van der Waals surface area contributed by atoms with Gasteiger partial charge in [-0.1, -0.05) is 73.7 Å². The van der Waals surface area contributed by atoms with Crippen LogP contribution in [0.2, 0.25) is 0 Å². The molecule has 5 aliphatic rings. The summed E-state index contributed by atoms with van der Waals surface area (Å²) in [5.74, 6) is 5.43. The van der Waals surface area contributed by atoms with Crippen LogP contribution < -0.4 is 4.74 Å². The van der Waals surface area contributed by atoms with Crippen molar-refractivity contribution in [2.75, 3.05) is 7.11 Å². The Hall–Kier alpha value is -2.10. The summed E-state index contributed by atoms with van der Waals surface area (Å²) in [6.45, 7) is 2.03. The third-order valence-corrected chi connectivity index (χ3v) is 7.58. The number of para-hydroxylation sites is 2. The molecule has 1 N–H and O–H groups in total. The molecule has 34 heavy (non-hydrogen) atoms. The monoisotopic (exact) mass is 488 g/mol. The number of hydrogen-bond donors (Lipinski definition) is 1. The second-order valence-corrected chi connectivity index (χ2v) is 10.1. The van der Waals surface area contributed by atoms with Crippen molar-refractivity contribution in [2.24, 2.45) is 28.7 Å². The average Bonchev–Trinajstić information content (AvgIpc) is 2.81. The van der Waals surface area contributed by atoms with Crippen LogP contribution in [-0.4, -0.2) is 17.9 Å². The SMILES string of the molecule is COc1ccccc1-c1ccccc1N=C1CC(C)=CC=C1O.[CH-]1C2CC3CC1CC(C2)C3.[Ti]. The van der Waals surface area contributed by atoms with E-state index in [0.29, 0.717) is 12.1 Å². The summed E-state index contributed by atoms with van der Waals surface area (Å²) >= 11 is 0. The predicted molar refractivity (Wildman–Crippen MR) is 136 cm³/mol. The first-order chi connectivity index (χ1) is 16.1. The Morgan fingerprint density at radius 2 is 1.47 bits per heavy atom. The second-order valence-electron chi connectivity index (χ2n) is 10.1. The Labute approximate surface area is 218 Å². The van der Waals surface area contributed by atoms with Crippen LogP contribution >= 0.6 is 0 Å². The maximum atomic E-state index is 10.1. The number of aliphatic hydroxyl groups excluding tert-OH is 1. The number of rotatable bonds is 3. The predicted octanol–water partition coefficient (Wildman–Crippen LogP) is 7.87. The minimum Gasteiger partial charge on any atom is -0.506 e. The summed E-state index contributed by atoms with van der Waals surface area (Å²) in [4.78, 5) is 4.70. The van der Waals surface area contributed by atoms with Crippen molar-refractivity contribution in [3.63, 3.8) is 0 Å². The summed E-state index contributed by atoms with van der Waals surface area (Å²) in [7, 11) is 1.66. The van der Waals surface area contributed by atoms with Crippen LogP contribution in [-0.2, 0) is 21.7 Å². The third kappa shape index (κ3) is 5.58. The Kier molecular flexibility index (Phi) is 8.16. The molecule has 0 unspecified atom stereocenters. The van der Waals surface area contributed by atoms with Gasteiger partial charge in [-0.25, -0.2) is 4.99 Å². The molecule has 5 aliphatic carbocycles. The summed E-state index contributed by atoms with van der Waals surface area (Å²) in [5.41, 5.74) is 4.66. The van der Waals surface area contributed by atoms with Gasteiger partial charge in [-0.2, -0.15) is 11.8 Å². The maximum Gasteiger partial charge on any atom is 0.137 e. The van der Waals surface area contributed by atoms with Crippen LogP contribution in [0.25, 0.3) is 11.1 Å². The molecule has 0 atom stereocenters. The van der Waals surface area contributed by atoms with Crippen molar-refractivity contribution in [3.05, 3.63) is 78.4 Å². The van der Waals surface area contributed by atoms with Crippen molar-refractivity contribution in [1.82, 2.24) is 0 Å². The zero-order chi connectivity index (χ0) is 22.8. The standard InChI is InChI=1S/C20H19NO2.C10H15.Ti/c1-14-11-12-19(22)18(13-14)21-17-9-5-3-7-15(17)16-8-4-6-10-20(16)23-2;1-7-2-9-4-8(1)5-10(3-7)6-9;/h3-12,22H,13H2,1-2H3;1,7-10H,2-6H2;/q;-1;. The van der Waals surface area contributed by atoms with E-state index in [1.54, 1.807) is 45.3 Å². The summed E-state index contributed by atoms with van der Waals surface area (Å²) in [6.07, 6.45) is 14.7. The fourth-order valence-corrected chi connectivity index (χ4v) is 6.29. The molecule has 4 fully saturated rings. The fourth-order valence-electron chi connectivity index (χ4n) is 6.29. The molecule has 4 heteroatoms. The molecule has 0 saturated heterocycles. The molecule has 4 bridgehead atoms. The zero-order valence-electron chi connectivity index (χ0n) is 20.2. The quantitative estimate of drug-likeness (QED) is 0.353. The first-order valence-electron chi connectivity index (χ1n) is 12.3. The van der Waals surface area contributed by atoms with Crippen LogP contribution in [0, 0.1) is 30.1 Å². The van der Waals surface area contributed by atoms with E-state index in [1.165, 1.54) is 5.57 Å². The van der Waals surface area contributed by atoms with Gasteiger partial charge in [-0.05, 0) is 43.4 Å². The van der Waals surface area contributed by atoms with Gasteiger partial charge in [0.05, 0.1) is 18.5 Å². The van der Waals surface area contributed by atoms with Gasteiger partial charge in [0.15, 0.2) is 0 Å². The first kappa shape index (κ1) is 25.0. The third-order valence-electron chi connectivity index (χ3n) is 7.58. The molecule has 0 heterocycles. The largest absolute Gasteiger partial charge is 0.506 e. The van der Waals surface area contributed by atoms with Crippen molar-refractivity contribution in [2.45, 2.75) is 45.4 Å². The van der Waals surface area contributed by atoms with Gasteiger partial charge in [-0.3, -0.25) is 0 Å². The molecule has 0 aromatic heterocycles. The van der Waals surface area contributed by atoms with Gasteiger partial charge in [0, 0.05) is 39.3 Å². The Morgan fingerprint density at radius 1 is 0.853 bits per heavy atom. The Morgan fingerprint density at radius 3 is 2.12 bits per heavy atom. The molecule has 0 aliphatic heterocycles. The van der Waals surface area contributed by atoms with Gasteiger partial charge in [0.1, 0.15) is 11.5 Å². The van der Waals surface area contributed by atoms with E-state index in [1.807, 2.05) is 61.5 Å². The molecule has 0 radical (unpaired) electrons. The van der Waals surface area contributed by atoms with Crippen LogP contribution in [0.5, 0.6) is 5.75 Å². The van der Waals surface area contributed by atoms with Gasteiger partial charge in [-0.15, -0.1) is 0 Å². The van der Waals surface area contributed by atoms with E-state index in [0.717, 1.165) is 46.2 Å². The smallest absolute Gasteiger partial charge is 0.137 e. The number of aliphatic hydroxyl groups is 1. The number of allylic oxidation sites excluding steroid dienone is 4. The molecule has 7 rings (SSSR count). The summed E-state index contributed by atoms with van der Waals surface area (Å²) in [5, 5.41) is 10.1. The molecule has 0 spiro atoms. The van der Waals surface area contributed by atoms with E-state index in [9.17, 15) is 5.11 Å². The second kappa shape index (κ2) is 11.1. The molecule has 3 nitrogen and oxygen atoms in total. The van der Waals surface area contributed by atoms with Crippen molar-refractivity contribution in [1.29, 1.82) is 0 Å². The van der Waals surface area contributed by atoms with E-state index < -0.39 is 0 Å². The molecular formula is C30H34NO2Ti-. The van der Waals surface area contributed by atoms with Crippen LogP contribution in [0.15, 0.2) is 77.0 Å². The van der Waals surface area contributed by atoms with E-state index in [4.69, 9.17) is 9.73 Å². The van der Waals surface area contributed by atoms with Gasteiger partial charge in [0.25, 0.3) is 0 Å². The van der Waals surface area contributed by atoms with E-state index >= 15 is 0 Å². The minimum atomic E-state index is 0. The number of methoxy groups -OCH3 is 1. The molecule has 0 amide bonds. The van der Waals surface area contributed by atoms with Crippen molar-refractivity contribution < 1.29 is 31.6 Å². The van der Waals surface area contributed by atoms with Gasteiger partial charge in [0.2, 0.25) is 0 Å².